The van der Waals surface area contributed by atoms with Crippen molar-refractivity contribution >= 4 is 27.3 Å². The maximum absolute atomic E-state index is 11.6. The lowest BCUT2D eigenvalue weighted by Crippen LogP contribution is -2.42. The minimum Gasteiger partial charge on any atom is -0.342 e. The van der Waals surface area contributed by atoms with Crippen LogP contribution in [0.15, 0.2) is 0 Å². The van der Waals surface area contributed by atoms with Crippen molar-refractivity contribution in [3.63, 3.8) is 0 Å². The van der Waals surface area contributed by atoms with Gasteiger partial charge in [0, 0.05) is 25.2 Å². The molecular formula is C9H16ClNO3S. The number of hydrogen-bond donors (Lipinski definition) is 0. The Hall–Kier alpha value is -0.290. The van der Waals surface area contributed by atoms with Crippen LogP contribution >= 0.6 is 11.6 Å². The second-order valence-electron chi connectivity index (χ2n) is 4.07. The summed E-state index contributed by atoms with van der Waals surface area (Å²) in [6.07, 6.45) is 3.01. The minimum absolute atomic E-state index is 0.299. The smallest absolute Gasteiger partial charge is 0.237 e. The molecule has 0 spiro atoms. The van der Waals surface area contributed by atoms with E-state index in [1.54, 1.807) is 4.90 Å². The van der Waals surface area contributed by atoms with Crippen LogP contribution in [0.25, 0.3) is 0 Å². The van der Waals surface area contributed by atoms with Gasteiger partial charge in [0.15, 0.2) is 9.84 Å². The lowest BCUT2D eigenvalue weighted by Gasteiger charge is -2.31. The monoisotopic (exact) mass is 253 g/mol. The highest BCUT2D eigenvalue weighted by atomic mass is 35.5. The molecule has 0 aliphatic carbocycles. The molecule has 0 aromatic heterocycles. The van der Waals surface area contributed by atoms with Gasteiger partial charge in [-0.05, 0) is 18.8 Å². The van der Waals surface area contributed by atoms with Crippen LogP contribution in [0, 0.1) is 5.92 Å². The summed E-state index contributed by atoms with van der Waals surface area (Å²) >= 11 is 5.73. The molecule has 6 heteroatoms. The molecule has 1 atom stereocenters. The predicted molar refractivity (Wildman–Crippen MR) is 59.7 cm³/mol. The van der Waals surface area contributed by atoms with Crippen molar-refractivity contribution in [2.75, 3.05) is 31.0 Å². The van der Waals surface area contributed by atoms with Crippen molar-refractivity contribution in [2.45, 2.75) is 12.8 Å². The second-order valence-corrected chi connectivity index (χ2v) is 6.52. The van der Waals surface area contributed by atoms with E-state index in [1.807, 2.05) is 0 Å². The first-order chi connectivity index (χ1) is 6.92. The summed E-state index contributed by atoms with van der Waals surface area (Å²) in [6, 6.07) is 0. The fourth-order valence-electron chi connectivity index (χ4n) is 1.73. The van der Waals surface area contributed by atoms with E-state index < -0.39 is 9.84 Å². The highest BCUT2D eigenvalue weighted by Gasteiger charge is 2.24. The third-order valence-corrected chi connectivity index (χ3v) is 3.68. The fourth-order valence-corrected chi connectivity index (χ4v) is 2.62. The summed E-state index contributed by atoms with van der Waals surface area (Å²) in [5.74, 6) is 0.154. The number of halogens is 1. The topological polar surface area (TPSA) is 54.5 Å². The molecule has 0 aromatic carbocycles. The Labute approximate surface area is 95.5 Å². The zero-order valence-corrected chi connectivity index (χ0v) is 10.4. The van der Waals surface area contributed by atoms with Crippen LogP contribution in [0.5, 0.6) is 0 Å². The number of nitrogens with zero attached hydrogens (tertiary/aromatic N) is 1. The van der Waals surface area contributed by atoms with Crippen LogP contribution in [0.3, 0.4) is 0 Å². The van der Waals surface area contributed by atoms with Gasteiger partial charge in [-0.25, -0.2) is 8.42 Å². The average molecular weight is 254 g/mol. The molecule has 0 aromatic rings. The Morgan fingerprint density at radius 1 is 1.53 bits per heavy atom. The van der Waals surface area contributed by atoms with Gasteiger partial charge < -0.3 is 4.90 Å². The van der Waals surface area contributed by atoms with Crippen LogP contribution in [0.2, 0.25) is 0 Å². The maximum Gasteiger partial charge on any atom is 0.237 e. The third-order valence-electron chi connectivity index (χ3n) is 2.48. The van der Waals surface area contributed by atoms with E-state index in [-0.39, 0.29) is 11.7 Å². The summed E-state index contributed by atoms with van der Waals surface area (Å²) in [5.41, 5.74) is 0. The predicted octanol–water partition coefficient (Wildman–Crippen LogP) is 0.508. The second kappa shape index (κ2) is 5.16. The molecule has 1 aliphatic heterocycles. The van der Waals surface area contributed by atoms with Gasteiger partial charge in [-0.1, -0.05) is 0 Å². The molecule has 88 valence electrons. The van der Waals surface area contributed by atoms with Crippen molar-refractivity contribution < 1.29 is 13.2 Å². The van der Waals surface area contributed by atoms with Crippen molar-refractivity contribution in [3.05, 3.63) is 0 Å². The number of amides is 1. The maximum atomic E-state index is 11.6. The molecule has 1 fully saturated rings. The number of carbonyl (C=O) groups is 1. The molecule has 4 nitrogen and oxygen atoms in total. The lowest BCUT2D eigenvalue weighted by molar-refractivity contribution is -0.130. The molecule has 1 heterocycles. The van der Waals surface area contributed by atoms with E-state index in [0.717, 1.165) is 19.1 Å². The van der Waals surface area contributed by atoms with Gasteiger partial charge in [-0.15, -0.1) is 11.6 Å². The highest BCUT2D eigenvalue weighted by molar-refractivity contribution is 7.91. The molecular weight excluding hydrogens is 238 g/mol. The summed E-state index contributed by atoms with van der Waals surface area (Å²) in [5, 5.41) is 0. The van der Waals surface area contributed by atoms with E-state index in [9.17, 15) is 13.2 Å². The van der Waals surface area contributed by atoms with Crippen LogP contribution in [0.1, 0.15) is 12.8 Å². The molecule has 1 aliphatic rings. The summed E-state index contributed by atoms with van der Waals surface area (Å²) in [6.45, 7) is 1.25. The first-order valence-corrected chi connectivity index (χ1v) is 7.53. The zero-order valence-electron chi connectivity index (χ0n) is 8.78. The van der Waals surface area contributed by atoms with Gasteiger partial charge in [0.25, 0.3) is 0 Å². The largest absolute Gasteiger partial charge is 0.342 e. The standard InChI is InChI=1S/C9H16ClNO3S/c1-15(13,14)7-9(12)11-4-2-3-8(5-10)6-11/h8H,2-7H2,1H3. The minimum atomic E-state index is -3.22. The molecule has 15 heavy (non-hydrogen) atoms. The Bertz CT molecular complexity index is 328. The number of carbonyl (C=O) groups excluding carboxylic acids is 1. The van der Waals surface area contributed by atoms with E-state index in [4.69, 9.17) is 11.6 Å². The summed E-state index contributed by atoms with van der Waals surface area (Å²) in [4.78, 5) is 13.2. The number of sulfone groups is 1. The summed E-state index contributed by atoms with van der Waals surface area (Å²) in [7, 11) is -3.22. The van der Waals surface area contributed by atoms with Gasteiger partial charge in [-0.2, -0.15) is 0 Å². The summed E-state index contributed by atoms with van der Waals surface area (Å²) < 4.78 is 21.9. The van der Waals surface area contributed by atoms with Crippen molar-refractivity contribution in [1.29, 1.82) is 0 Å². The molecule has 0 bridgehead atoms. The van der Waals surface area contributed by atoms with Gasteiger partial charge in [0.2, 0.25) is 5.91 Å². The first-order valence-electron chi connectivity index (χ1n) is 4.94. The molecule has 1 saturated heterocycles. The van der Waals surface area contributed by atoms with Crippen molar-refractivity contribution in [2.24, 2.45) is 5.92 Å². The first kappa shape index (κ1) is 12.8. The molecule has 1 amide bonds. The Morgan fingerprint density at radius 3 is 2.73 bits per heavy atom. The molecule has 1 rings (SSSR count). The molecule has 0 saturated carbocycles. The number of rotatable bonds is 3. The van der Waals surface area contributed by atoms with Crippen LogP contribution in [-0.2, 0) is 14.6 Å². The molecule has 0 N–H and O–H groups in total. The van der Waals surface area contributed by atoms with Gasteiger partial charge >= 0.3 is 0 Å². The number of alkyl halides is 1. The van der Waals surface area contributed by atoms with Crippen LogP contribution < -0.4 is 0 Å². The van der Waals surface area contributed by atoms with Gasteiger partial charge in [0.05, 0.1) is 0 Å². The zero-order chi connectivity index (χ0) is 11.5. The van der Waals surface area contributed by atoms with E-state index in [1.165, 1.54) is 0 Å². The van der Waals surface area contributed by atoms with Gasteiger partial charge in [-0.3, -0.25) is 4.79 Å². The Morgan fingerprint density at radius 2 is 2.20 bits per heavy atom. The van der Waals surface area contributed by atoms with Crippen molar-refractivity contribution in [1.82, 2.24) is 4.90 Å². The Kier molecular flexibility index (Phi) is 4.40. The van der Waals surface area contributed by atoms with E-state index >= 15 is 0 Å². The normalized spacial score (nSPS) is 22.8. The Balaban J connectivity index is 2.53. The quantitative estimate of drug-likeness (QED) is 0.689. The van der Waals surface area contributed by atoms with Crippen LogP contribution in [0.4, 0.5) is 0 Å². The molecule has 1 unspecified atom stereocenters. The number of likely N-dealkylation sites (tertiary alicyclic amines) is 1. The SMILES string of the molecule is CS(=O)(=O)CC(=O)N1CCCC(CCl)C1. The van der Waals surface area contributed by atoms with Crippen LogP contribution in [-0.4, -0.2) is 50.2 Å². The third kappa shape index (κ3) is 4.38. The average Bonchev–Trinajstić information content (AvgIpc) is 2.15. The number of piperidine rings is 1. The van der Waals surface area contributed by atoms with Crippen molar-refractivity contribution in [3.8, 4) is 0 Å². The lowest BCUT2D eigenvalue weighted by atomic mass is 10.0. The fraction of sp³-hybridized carbons (Fsp3) is 0.889. The van der Waals surface area contributed by atoms with E-state index in [2.05, 4.69) is 0 Å². The van der Waals surface area contributed by atoms with E-state index in [0.29, 0.717) is 24.9 Å². The van der Waals surface area contributed by atoms with Gasteiger partial charge in [0.1, 0.15) is 5.75 Å². The highest BCUT2D eigenvalue weighted by Crippen LogP contribution is 2.17. The molecule has 0 radical (unpaired) electrons. The number of hydrogen-bond acceptors (Lipinski definition) is 3.